The average molecular weight is 252 g/mol. The van der Waals surface area contributed by atoms with Gasteiger partial charge < -0.3 is 9.47 Å². The summed E-state index contributed by atoms with van der Waals surface area (Å²) in [5.74, 6) is 0.305. The summed E-state index contributed by atoms with van der Waals surface area (Å²) in [6, 6.07) is 2.68. The normalized spacial score (nSPS) is 11.2. The fourth-order valence-corrected chi connectivity index (χ4v) is 2.17. The van der Waals surface area contributed by atoms with Crippen LogP contribution in [0.25, 0.3) is 0 Å². The zero-order chi connectivity index (χ0) is 11.6. The Hall–Kier alpha value is -0.980. The van der Waals surface area contributed by atoms with Crippen molar-refractivity contribution < 1.29 is 17.9 Å². The summed E-state index contributed by atoms with van der Waals surface area (Å²) >= 11 is 5.85. The van der Waals surface area contributed by atoms with Crippen LogP contribution in [0.3, 0.4) is 0 Å². The van der Waals surface area contributed by atoms with E-state index in [1.165, 1.54) is 26.4 Å². The Kier molecular flexibility index (Phi) is 3.43. The minimum Gasteiger partial charge on any atom is -0.495 e. The standard InChI is InChI=1S/C8H10ClNO4S/c1-13-5-3-4-6(15(10,11)12)8(14-2)7(5)9/h3-4H,1-2H3,(H2,10,11,12). The minimum atomic E-state index is -3.86. The van der Waals surface area contributed by atoms with Crippen molar-refractivity contribution in [3.05, 3.63) is 17.2 Å². The molecule has 0 fully saturated rings. The van der Waals surface area contributed by atoms with Crippen LogP contribution in [0.1, 0.15) is 0 Å². The summed E-state index contributed by atoms with van der Waals surface area (Å²) < 4.78 is 32.1. The molecule has 0 atom stereocenters. The van der Waals surface area contributed by atoms with Crippen LogP contribution in [0.4, 0.5) is 0 Å². The first-order valence-electron chi connectivity index (χ1n) is 3.85. The van der Waals surface area contributed by atoms with Gasteiger partial charge in [-0.15, -0.1) is 0 Å². The van der Waals surface area contributed by atoms with E-state index in [0.29, 0.717) is 5.75 Å². The van der Waals surface area contributed by atoms with Gasteiger partial charge in [0.25, 0.3) is 0 Å². The molecule has 0 saturated carbocycles. The van der Waals surface area contributed by atoms with Crippen molar-refractivity contribution in [2.45, 2.75) is 4.90 Å². The Morgan fingerprint density at radius 3 is 2.27 bits per heavy atom. The summed E-state index contributed by atoms with van der Waals surface area (Å²) in [4.78, 5) is -0.171. The molecule has 0 saturated heterocycles. The summed E-state index contributed by atoms with van der Waals surface area (Å²) in [6.45, 7) is 0. The molecule has 1 aromatic rings. The lowest BCUT2D eigenvalue weighted by molar-refractivity contribution is 0.386. The minimum absolute atomic E-state index is 0.0153. The van der Waals surface area contributed by atoms with E-state index in [0.717, 1.165) is 0 Å². The second kappa shape index (κ2) is 4.26. The third kappa shape index (κ3) is 2.34. The molecule has 0 bridgehead atoms. The maximum atomic E-state index is 11.2. The highest BCUT2D eigenvalue weighted by Crippen LogP contribution is 2.38. The number of hydrogen-bond donors (Lipinski definition) is 1. The van der Waals surface area contributed by atoms with Gasteiger partial charge in [0.05, 0.1) is 14.2 Å². The molecule has 0 aliphatic carbocycles. The number of methoxy groups -OCH3 is 2. The van der Waals surface area contributed by atoms with Crippen LogP contribution in [0.5, 0.6) is 11.5 Å². The van der Waals surface area contributed by atoms with E-state index in [4.69, 9.17) is 26.2 Å². The van der Waals surface area contributed by atoms with Crippen molar-refractivity contribution in [1.82, 2.24) is 0 Å². The molecule has 15 heavy (non-hydrogen) atoms. The summed E-state index contributed by atoms with van der Waals surface area (Å²) in [7, 11) is -1.14. The quantitative estimate of drug-likeness (QED) is 0.869. The van der Waals surface area contributed by atoms with Gasteiger partial charge in [-0.25, -0.2) is 13.6 Å². The van der Waals surface area contributed by atoms with Gasteiger partial charge in [0, 0.05) is 0 Å². The Bertz CT molecular complexity index is 472. The maximum absolute atomic E-state index is 11.2. The predicted octanol–water partition coefficient (Wildman–Crippen LogP) is 1.00. The van der Waals surface area contributed by atoms with E-state index in [2.05, 4.69) is 0 Å². The second-order valence-electron chi connectivity index (χ2n) is 2.66. The van der Waals surface area contributed by atoms with Crippen molar-refractivity contribution >= 4 is 21.6 Å². The Morgan fingerprint density at radius 2 is 1.87 bits per heavy atom. The highest BCUT2D eigenvalue weighted by atomic mass is 35.5. The predicted molar refractivity (Wildman–Crippen MR) is 55.9 cm³/mol. The van der Waals surface area contributed by atoms with E-state index in [1.54, 1.807) is 0 Å². The average Bonchev–Trinajstić information content (AvgIpc) is 2.15. The van der Waals surface area contributed by atoms with Crippen LogP contribution >= 0.6 is 11.6 Å². The van der Waals surface area contributed by atoms with E-state index in [-0.39, 0.29) is 15.7 Å². The number of ether oxygens (including phenoxy) is 2. The van der Waals surface area contributed by atoms with Gasteiger partial charge in [-0.2, -0.15) is 0 Å². The fourth-order valence-electron chi connectivity index (χ4n) is 1.09. The Balaban J connectivity index is 3.52. The molecule has 0 spiro atoms. The van der Waals surface area contributed by atoms with Crippen LogP contribution < -0.4 is 14.6 Å². The maximum Gasteiger partial charge on any atom is 0.241 e. The lowest BCUT2D eigenvalue weighted by Gasteiger charge is -2.11. The van der Waals surface area contributed by atoms with Crippen molar-refractivity contribution in [2.75, 3.05) is 14.2 Å². The molecule has 0 aliphatic heterocycles. The lowest BCUT2D eigenvalue weighted by atomic mass is 10.3. The summed E-state index contributed by atoms with van der Waals surface area (Å²) in [5.41, 5.74) is 0. The van der Waals surface area contributed by atoms with Crippen LogP contribution in [-0.4, -0.2) is 22.6 Å². The molecular formula is C8H10ClNO4S. The van der Waals surface area contributed by atoms with Gasteiger partial charge in [0.1, 0.15) is 15.7 Å². The van der Waals surface area contributed by atoms with Crippen molar-refractivity contribution in [1.29, 1.82) is 0 Å². The monoisotopic (exact) mass is 251 g/mol. The van der Waals surface area contributed by atoms with Crippen LogP contribution in [0.15, 0.2) is 17.0 Å². The number of nitrogens with two attached hydrogens (primary N) is 1. The van der Waals surface area contributed by atoms with Gasteiger partial charge in [-0.1, -0.05) is 11.6 Å². The summed E-state index contributed by atoms with van der Waals surface area (Å²) in [5, 5.41) is 5.06. The molecule has 0 unspecified atom stereocenters. The molecule has 0 aliphatic rings. The molecule has 84 valence electrons. The topological polar surface area (TPSA) is 78.6 Å². The number of halogens is 1. The summed E-state index contributed by atoms with van der Waals surface area (Å²) in [6.07, 6.45) is 0. The van der Waals surface area contributed by atoms with Crippen LogP contribution in [0.2, 0.25) is 5.02 Å². The van der Waals surface area contributed by atoms with Gasteiger partial charge in [-0.3, -0.25) is 0 Å². The molecule has 1 rings (SSSR count). The van der Waals surface area contributed by atoms with Crippen molar-refractivity contribution in [2.24, 2.45) is 5.14 Å². The van der Waals surface area contributed by atoms with E-state index >= 15 is 0 Å². The van der Waals surface area contributed by atoms with Gasteiger partial charge in [0.2, 0.25) is 10.0 Å². The van der Waals surface area contributed by atoms with E-state index < -0.39 is 10.0 Å². The first kappa shape index (κ1) is 12.1. The van der Waals surface area contributed by atoms with Gasteiger partial charge in [-0.05, 0) is 12.1 Å². The smallest absolute Gasteiger partial charge is 0.241 e. The molecule has 0 aromatic heterocycles. The number of hydrogen-bond acceptors (Lipinski definition) is 4. The zero-order valence-electron chi connectivity index (χ0n) is 8.15. The van der Waals surface area contributed by atoms with Gasteiger partial charge >= 0.3 is 0 Å². The number of primary sulfonamides is 1. The molecular weight excluding hydrogens is 242 g/mol. The number of sulfonamides is 1. The van der Waals surface area contributed by atoms with E-state index in [9.17, 15) is 8.42 Å². The highest BCUT2D eigenvalue weighted by molar-refractivity contribution is 7.89. The zero-order valence-corrected chi connectivity index (χ0v) is 9.72. The Morgan fingerprint density at radius 1 is 1.27 bits per heavy atom. The van der Waals surface area contributed by atoms with Crippen molar-refractivity contribution in [3.8, 4) is 11.5 Å². The van der Waals surface area contributed by atoms with Gasteiger partial charge in [0.15, 0.2) is 5.75 Å². The molecule has 0 radical (unpaired) electrons. The lowest BCUT2D eigenvalue weighted by Crippen LogP contribution is -2.13. The number of rotatable bonds is 3. The highest BCUT2D eigenvalue weighted by Gasteiger charge is 2.20. The first-order valence-corrected chi connectivity index (χ1v) is 5.77. The van der Waals surface area contributed by atoms with E-state index in [1.807, 2.05) is 0 Å². The fraction of sp³-hybridized carbons (Fsp3) is 0.250. The first-order chi connectivity index (χ1) is 6.91. The molecule has 0 amide bonds. The molecule has 0 heterocycles. The molecule has 1 aromatic carbocycles. The molecule has 7 heteroatoms. The third-order valence-electron chi connectivity index (χ3n) is 1.76. The van der Waals surface area contributed by atoms with Crippen molar-refractivity contribution in [3.63, 3.8) is 0 Å². The van der Waals surface area contributed by atoms with Crippen LogP contribution in [-0.2, 0) is 10.0 Å². The van der Waals surface area contributed by atoms with Crippen LogP contribution in [0, 0.1) is 0 Å². The SMILES string of the molecule is COc1ccc(S(N)(=O)=O)c(OC)c1Cl. The largest absolute Gasteiger partial charge is 0.495 e. The molecule has 2 N–H and O–H groups in total. The number of benzene rings is 1. The third-order valence-corrected chi connectivity index (χ3v) is 3.05. The molecule has 5 nitrogen and oxygen atoms in total. The second-order valence-corrected chi connectivity index (χ2v) is 4.57. The Labute approximate surface area is 92.8 Å².